The maximum absolute atomic E-state index is 14.5. The number of anilines is 1. The second-order valence-electron chi connectivity index (χ2n) is 7.69. The molecule has 0 fully saturated rings. The molecule has 0 radical (unpaired) electrons. The van der Waals surface area contributed by atoms with Crippen LogP contribution < -0.4 is 5.32 Å². The fraction of sp³-hybridized carbons (Fsp3) is 0.208. The second-order valence-corrected chi connectivity index (χ2v) is 7.69. The number of amides is 1. The minimum absolute atomic E-state index is 0.00214. The molecule has 0 atom stereocenters. The van der Waals surface area contributed by atoms with Gasteiger partial charge in [0.15, 0.2) is 11.6 Å². The highest BCUT2D eigenvalue weighted by atomic mass is 19.1. The third-order valence-electron chi connectivity index (χ3n) is 5.55. The molecule has 0 saturated carbocycles. The molecule has 0 bridgehead atoms. The first-order valence-corrected chi connectivity index (χ1v) is 10.5. The zero-order valence-corrected chi connectivity index (χ0v) is 17.1. The molecule has 1 N–H and O–H groups in total. The summed E-state index contributed by atoms with van der Waals surface area (Å²) in [6.07, 6.45) is 4.10. The lowest BCUT2D eigenvalue weighted by Gasteiger charge is -2.10. The summed E-state index contributed by atoms with van der Waals surface area (Å²) >= 11 is 0. The highest BCUT2D eigenvalue weighted by Crippen LogP contribution is 2.28. The third-order valence-corrected chi connectivity index (χ3v) is 5.55. The Labute approximate surface area is 182 Å². The van der Waals surface area contributed by atoms with Crippen molar-refractivity contribution in [2.24, 2.45) is 0 Å². The fourth-order valence-electron chi connectivity index (χ4n) is 3.91. The Hall–Kier alpha value is -3.81. The molecule has 6 nitrogen and oxygen atoms in total. The summed E-state index contributed by atoms with van der Waals surface area (Å²) in [4.78, 5) is 12.7. The minimum Gasteiger partial charge on any atom is -0.451 e. The van der Waals surface area contributed by atoms with Gasteiger partial charge in [-0.15, -0.1) is 10.2 Å². The molecule has 162 valence electrons. The highest BCUT2D eigenvalue weighted by molar-refractivity contribution is 6.03. The first-order chi connectivity index (χ1) is 15.6. The first kappa shape index (κ1) is 20.1. The van der Waals surface area contributed by atoms with Gasteiger partial charge in [0.25, 0.3) is 5.91 Å². The normalized spacial score (nSPS) is 13.4. The van der Waals surface area contributed by atoms with Crippen LogP contribution in [0.1, 0.15) is 35.6 Å². The molecule has 4 aromatic rings. The van der Waals surface area contributed by atoms with Gasteiger partial charge in [0.2, 0.25) is 0 Å². The van der Waals surface area contributed by atoms with Crippen molar-refractivity contribution in [3.8, 4) is 22.7 Å². The highest BCUT2D eigenvalue weighted by Gasteiger charge is 2.19. The molecule has 1 amide bonds. The Kier molecular flexibility index (Phi) is 5.26. The van der Waals surface area contributed by atoms with Gasteiger partial charge in [0.1, 0.15) is 23.2 Å². The fourth-order valence-corrected chi connectivity index (χ4v) is 3.91. The Balaban J connectivity index is 1.40. The van der Waals surface area contributed by atoms with E-state index in [2.05, 4.69) is 20.1 Å². The zero-order chi connectivity index (χ0) is 22.1. The first-order valence-electron chi connectivity index (χ1n) is 10.5. The van der Waals surface area contributed by atoms with Gasteiger partial charge in [-0.25, -0.2) is 8.78 Å². The third kappa shape index (κ3) is 3.79. The van der Waals surface area contributed by atoms with Crippen molar-refractivity contribution in [3.05, 3.63) is 77.8 Å². The van der Waals surface area contributed by atoms with Crippen LogP contribution in [0.3, 0.4) is 0 Å². The Morgan fingerprint density at radius 2 is 1.84 bits per heavy atom. The number of benzene rings is 2. The standard InChI is InChI=1S/C24H20F2N4O2/c25-17-7-4-3-6-16(17)20-11-12-21(32-20)24(31)27-19-14-15(9-10-18(19)26)23-29-28-22-8-2-1-5-13-30(22)23/h3-4,6-7,9-12,14H,1-2,5,8,13H2,(H,27,31). The van der Waals surface area contributed by atoms with E-state index in [1.807, 2.05) is 0 Å². The number of halogens is 2. The number of aromatic nitrogens is 3. The molecular weight excluding hydrogens is 414 g/mol. The van der Waals surface area contributed by atoms with Crippen LogP contribution in [0, 0.1) is 11.6 Å². The Morgan fingerprint density at radius 1 is 0.969 bits per heavy atom. The van der Waals surface area contributed by atoms with Crippen molar-refractivity contribution in [3.63, 3.8) is 0 Å². The van der Waals surface area contributed by atoms with Gasteiger partial charge in [-0.2, -0.15) is 0 Å². The summed E-state index contributed by atoms with van der Waals surface area (Å²) in [7, 11) is 0. The molecule has 3 heterocycles. The molecule has 1 aliphatic rings. The molecule has 8 heteroatoms. The van der Waals surface area contributed by atoms with E-state index in [0.29, 0.717) is 11.4 Å². The summed E-state index contributed by atoms with van der Waals surface area (Å²) in [5.41, 5.74) is 0.906. The average Bonchev–Trinajstić information content (AvgIpc) is 3.37. The summed E-state index contributed by atoms with van der Waals surface area (Å²) in [5.74, 6) is 0.0567. The van der Waals surface area contributed by atoms with Crippen LogP contribution in [0.2, 0.25) is 0 Å². The number of aryl methyl sites for hydroxylation is 1. The summed E-state index contributed by atoms with van der Waals surface area (Å²) in [5, 5.41) is 11.1. The van der Waals surface area contributed by atoms with E-state index in [-0.39, 0.29) is 22.8 Å². The van der Waals surface area contributed by atoms with Crippen LogP contribution in [0.5, 0.6) is 0 Å². The van der Waals surface area contributed by atoms with Crippen molar-refractivity contribution in [2.75, 3.05) is 5.32 Å². The lowest BCUT2D eigenvalue weighted by atomic mass is 10.1. The smallest absolute Gasteiger partial charge is 0.291 e. The molecule has 5 rings (SSSR count). The van der Waals surface area contributed by atoms with Crippen LogP contribution in [0.25, 0.3) is 22.7 Å². The second kappa shape index (κ2) is 8.37. The van der Waals surface area contributed by atoms with Gasteiger partial charge in [-0.05, 0) is 55.3 Å². The quantitative estimate of drug-likeness (QED) is 0.463. The van der Waals surface area contributed by atoms with Crippen LogP contribution in [-0.4, -0.2) is 20.7 Å². The van der Waals surface area contributed by atoms with E-state index in [1.165, 1.54) is 30.3 Å². The minimum atomic E-state index is -0.635. The Morgan fingerprint density at radius 3 is 2.72 bits per heavy atom. The number of carbonyl (C=O) groups is 1. The number of hydrogen-bond donors (Lipinski definition) is 1. The van der Waals surface area contributed by atoms with Gasteiger partial charge in [-0.1, -0.05) is 18.6 Å². The molecule has 32 heavy (non-hydrogen) atoms. The van der Waals surface area contributed by atoms with Crippen LogP contribution in [0.15, 0.2) is 59.0 Å². The molecule has 2 aromatic heterocycles. The maximum atomic E-state index is 14.5. The predicted octanol–water partition coefficient (Wildman–Crippen LogP) is 5.46. The van der Waals surface area contributed by atoms with Gasteiger partial charge >= 0.3 is 0 Å². The van der Waals surface area contributed by atoms with Crippen molar-refractivity contribution in [1.82, 2.24) is 14.8 Å². The lowest BCUT2D eigenvalue weighted by Crippen LogP contribution is -2.12. The van der Waals surface area contributed by atoms with E-state index in [0.717, 1.165) is 38.1 Å². The van der Waals surface area contributed by atoms with Crippen molar-refractivity contribution < 1.29 is 18.0 Å². The van der Waals surface area contributed by atoms with E-state index < -0.39 is 17.5 Å². The van der Waals surface area contributed by atoms with Gasteiger partial charge in [0, 0.05) is 18.5 Å². The predicted molar refractivity (Wildman–Crippen MR) is 115 cm³/mol. The average molecular weight is 434 g/mol. The number of fused-ring (bicyclic) bond motifs is 1. The SMILES string of the molecule is O=C(Nc1cc(-c2nnc3n2CCCCC3)ccc1F)c1ccc(-c2ccccc2F)o1. The van der Waals surface area contributed by atoms with E-state index in [4.69, 9.17) is 4.42 Å². The lowest BCUT2D eigenvalue weighted by molar-refractivity contribution is 0.0997. The number of rotatable bonds is 4. The summed E-state index contributed by atoms with van der Waals surface area (Å²) in [6, 6.07) is 13.5. The molecule has 0 spiro atoms. The number of nitrogens with one attached hydrogen (secondary N) is 1. The number of hydrogen-bond acceptors (Lipinski definition) is 4. The molecule has 1 aliphatic heterocycles. The molecule has 0 aliphatic carbocycles. The molecule has 2 aromatic carbocycles. The van der Waals surface area contributed by atoms with Crippen LogP contribution >= 0.6 is 0 Å². The number of carbonyl (C=O) groups excluding carboxylic acids is 1. The topological polar surface area (TPSA) is 73.0 Å². The van der Waals surface area contributed by atoms with Gasteiger partial charge in [0.05, 0.1) is 11.3 Å². The number of nitrogens with zero attached hydrogens (tertiary/aromatic N) is 3. The largest absolute Gasteiger partial charge is 0.451 e. The van der Waals surface area contributed by atoms with Crippen molar-refractivity contribution in [2.45, 2.75) is 32.2 Å². The summed E-state index contributed by atoms with van der Waals surface area (Å²) in [6.45, 7) is 0.807. The van der Waals surface area contributed by atoms with Crippen molar-refractivity contribution in [1.29, 1.82) is 0 Å². The van der Waals surface area contributed by atoms with Crippen LogP contribution in [-0.2, 0) is 13.0 Å². The molecule has 0 unspecified atom stereocenters. The van der Waals surface area contributed by atoms with Crippen molar-refractivity contribution >= 4 is 11.6 Å². The molecular formula is C24H20F2N4O2. The van der Waals surface area contributed by atoms with Gasteiger partial charge < -0.3 is 14.3 Å². The monoisotopic (exact) mass is 434 g/mol. The zero-order valence-electron chi connectivity index (χ0n) is 17.1. The van der Waals surface area contributed by atoms with E-state index in [1.54, 1.807) is 24.3 Å². The van der Waals surface area contributed by atoms with Gasteiger partial charge in [-0.3, -0.25) is 4.79 Å². The van der Waals surface area contributed by atoms with E-state index in [9.17, 15) is 13.6 Å². The maximum Gasteiger partial charge on any atom is 0.291 e. The van der Waals surface area contributed by atoms with E-state index >= 15 is 0 Å². The summed E-state index contributed by atoms with van der Waals surface area (Å²) < 4.78 is 36.0. The molecule has 0 saturated heterocycles. The number of furan rings is 1. The van der Waals surface area contributed by atoms with Crippen LogP contribution in [0.4, 0.5) is 14.5 Å². The Bertz CT molecular complexity index is 1290.